The molecular weight excluding hydrogens is 324 g/mol. The lowest BCUT2D eigenvalue weighted by molar-refractivity contribution is -0.130. The number of rotatable bonds is 1. The van der Waals surface area contributed by atoms with Gasteiger partial charge in [0, 0.05) is 37.7 Å². The highest BCUT2D eigenvalue weighted by atomic mass is 79.9. The molecular formula is C14H15BrN2O3. The van der Waals surface area contributed by atoms with E-state index in [0.717, 1.165) is 6.42 Å². The lowest BCUT2D eigenvalue weighted by atomic mass is 10.1. The fraction of sp³-hybridized carbons (Fsp3) is 0.429. The van der Waals surface area contributed by atoms with Gasteiger partial charge in [-0.15, -0.1) is 0 Å². The number of aromatic hydroxyl groups is 1. The maximum absolute atomic E-state index is 12.4. The van der Waals surface area contributed by atoms with Crippen LogP contribution in [0.1, 0.15) is 23.2 Å². The topological polar surface area (TPSA) is 60.9 Å². The number of carbonyl (C=O) groups is 2. The number of hydrogen-bond acceptors (Lipinski definition) is 3. The first-order valence-electron chi connectivity index (χ1n) is 6.63. The Morgan fingerprint density at radius 1 is 1.35 bits per heavy atom. The van der Waals surface area contributed by atoms with Gasteiger partial charge in [-0.05, 0) is 40.5 Å². The van der Waals surface area contributed by atoms with Crippen molar-refractivity contribution in [1.82, 2.24) is 9.80 Å². The molecule has 1 unspecified atom stereocenters. The molecule has 2 fully saturated rings. The molecule has 2 saturated heterocycles. The van der Waals surface area contributed by atoms with Gasteiger partial charge in [0.2, 0.25) is 5.91 Å². The van der Waals surface area contributed by atoms with E-state index >= 15 is 0 Å². The summed E-state index contributed by atoms with van der Waals surface area (Å²) in [6, 6.07) is 4.98. The average molecular weight is 339 g/mol. The van der Waals surface area contributed by atoms with Crippen molar-refractivity contribution in [1.29, 1.82) is 0 Å². The second kappa shape index (κ2) is 5.09. The van der Waals surface area contributed by atoms with Crippen molar-refractivity contribution >= 4 is 27.7 Å². The molecule has 3 rings (SSSR count). The Balaban J connectivity index is 1.75. The zero-order valence-corrected chi connectivity index (χ0v) is 12.5. The van der Waals surface area contributed by atoms with Crippen LogP contribution in [0, 0.1) is 0 Å². The molecule has 6 heteroatoms. The first kappa shape index (κ1) is 13.4. The van der Waals surface area contributed by atoms with Crippen molar-refractivity contribution in [3.05, 3.63) is 28.2 Å². The lowest BCUT2D eigenvalue weighted by Crippen LogP contribution is -2.53. The molecule has 20 heavy (non-hydrogen) atoms. The first-order chi connectivity index (χ1) is 9.56. The minimum atomic E-state index is -0.0909. The number of nitrogens with zero attached hydrogens (tertiary/aromatic N) is 2. The Morgan fingerprint density at radius 3 is 2.90 bits per heavy atom. The van der Waals surface area contributed by atoms with Crippen molar-refractivity contribution < 1.29 is 14.7 Å². The van der Waals surface area contributed by atoms with E-state index in [1.165, 1.54) is 6.07 Å². The number of fused-ring (bicyclic) bond motifs is 1. The number of phenols is 1. The highest BCUT2D eigenvalue weighted by Crippen LogP contribution is 2.27. The number of phenolic OH excluding ortho intramolecular Hbond substituents is 1. The van der Waals surface area contributed by atoms with Crippen molar-refractivity contribution in [3.8, 4) is 5.75 Å². The molecule has 2 amide bonds. The largest absolute Gasteiger partial charge is 0.507 e. The quantitative estimate of drug-likeness (QED) is 0.846. The van der Waals surface area contributed by atoms with E-state index < -0.39 is 0 Å². The van der Waals surface area contributed by atoms with Crippen molar-refractivity contribution in [2.75, 3.05) is 19.6 Å². The molecule has 1 N–H and O–H groups in total. The van der Waals surface area contributed by atoms with Crippen LogP contribution >= 0.6 is 15.9 Å². The molecule has 2 heterocycles. The van der Waals surface area contributed by atoms with Crippen LogP contribution in [0.5, 0.6) is 5.75 Å². The molecule has 0 saturated carbocycles. The van der Waals surface area contributed by atoms with Crippen LogP contribution in [0.25, 0.3) is 0 Å². The van der Waals surface area contributed by atoms with Crippen molar-refractivity contribution in [3.63, 3.8) is 0 Å². The van der Waals surface area contributed by atoms with Gasteiger partial charge in [0.25, 0.3) is 5.91 Å². The van der Waals surface area contributed by atoms with Gasteiger partial charge >= 0.3 is 0 Å². The number of carbonyl (C=O) groups excluding carboxylic acids is 2. The molecule has 5 nitrogen and oxygen atoms in total. The summed E-state index contributed by atoms with van der Waals surface area (Å²) >= 11 is 3.20. The molecule has 1 atom stereocenters. The minimum Gasteiger partial charge on any atom is -0.507 e. The van der Waals surface area contributed by atoms with Crippen LogP contribution in [-0.2, 0) is 4.79 Å². The summed E-state index contributed by atoms with van der Waals surface area (Å²) in [6.07, 6.45) is 1.42. The number of benzene rings is 1. The normalized spacial score (nSPS) is 22.1. The van der Waals surface area contributed by atoms with Crippen molar-refractivity contribution in [2.45, 2.75) is 18.9 Å². The fourth-order valence-electron chi connectivity index (χ4n) is 2.88. The minimum absolute atomic E-state index is 0.0607. The molecule has 0 aromatic heterocycles. The second-order valence-electron chi connectivity index (χ2n) is 5.20. The third-order valence-corrected chi connectivity index (χ3v) is 4.65. The molecule has 106 valence electrons. The van der Waals surface area contributed by atoms with Gasteiger partial charge < -0.3 is 14.9 Å². The van der Waals surface area contributed by atoms with Crippen LogP contribution in [0.2, 0.25) is 0 Å². The van der Waals surface area contributed by atoms with Gasteiger partial charge in [-0.3, -0.25) is 9.59 Å². The summed E-state index contributed by atoms with van der Waals surface area (Å²) in [4.78, 5) is 27.7. The Labute approximate surface area is 125 Å². The van der Waals surface area contributed by atoms with Crippen molar-refractivity contribution in [2.24, 2.45) is 0 Å². The Kier molecular flexibility index (Phi) is 3.41. The van der Waals surface area contributed by atoms with Gasteiger partial charge in [-0.25, -0.2) is 0 Å². The summed E-state index contributed by atoms with van der Waals surface area (Å²) < 4.78 is 0.570. The van der Waals surface area contributed by atoms with E-state index in [1.807, 2.05) is 4.90 Å². The van der Waals surface area contributed by atoms with Crippen LogP contribution in [-0.4, -0.2) is 52.4 Å². The lowest BCUT2D eigenvalue weighted by Gasteiger charge is -2.37. The van der Waals surface area contributed by atoms with E-state index in [2.05, 4.69) is 15.9 Å². The number of halogens is 1. The SMILES string of the molecule is O=C(c1ccc(Br)c(O)c1)N1CCN2C(=O)CCC2C1. The van der Waals surface area contributed by atoms with Gasteiger partial charge in [-0.2, -0.15) is 0 Å². The number of piperazine rings is 1. The summed E-state index contributed by atoms with van der Waals surface area (Å²) in [6.45, 7) is 1.75. The molecule has 2 aliphatic heterocycles. The number of amides is 2. The first-order valence-corrected chi connectivity index (χ1v) is 7.43. The van der Waals surface area contributed by atoms with Crippen LogP contribution in [0.3, 0.4) is 0 Å². The predicted octanol–water partition coefficient (Wildman–Crippen LogP) is 1.60. The Hall–Kier alpha value is -1.56. The monoisotopic (exact) mass is 338 g/mol. The summed E-state index contributed by atoms with van der Waals surface area (Å²) in [5, 5.41) is 9.66. The summed E-state index contributed by atoms with van der Waals surface area (Å²) in [5.41, 5.74) is 0.475. The second-order valence-corrected chi connectivity index (χ2v) is 6.05. The van der Waals surface area contributed by atoms with E-state index in [-0.39, 0.29) is 23.6 Å². The third-order valence-electron chi connectivity index (χ3n) is 3.97. The smallest absolute Gasteiger partial charge is 0.254 e. The van der Waals surface area contributed by atoms with Crippen LogP contribution in [0.4, 0.5) is 0 Å². The number of hydrogen-bond donors (Lipinski definition) is 1. The Bertz CT molecular complexity index is 576. The molecule has 2 aliphatic rings. The molecule has 1 aromatic rings. The zero-order chi connectivity index (χ0) is 14.3. The molecule has 1 aromatic carbocycles. The highest BCUT2D eigenvalue weighted by Gasteiger charge is 2.37. The van der Waals surface area contributed by atoms with Gasteiger partial charge in [-0.1, -0.05) is 0 Å². The van der Waals surface area contributed by atoms with E-state index in [9.17, 15) is 14.7 Å². The molecule has 0 bridgehead atoms. The third kappa shape index (κ3) is 2.28. The highest BCUT2D eigenvalue weighted by molar-refractivity contribution is 9.10. The zero-order valence-electron chi connectivity index (χ0n) is 10.9. The summed E-state index contributed by atoms with van der Waals surface area (Å²) in [5.74, 6) is 0.167. The molecule has 0 radical (unpaired) electrons. The average Bonchev–Trinajstić information content (AvgIpc) is 2.82. The van der Waals surface area contributed by atoms with Crippen LogP contribution in [0.15, 0.2) is 22.7 Å². The maximum atomic E-state index is 12.4. The summed E-state index contributed by atoms with van der Waals surface area (Å²) in [7, 11) is 0. The maximum Gasteiger partial charge on any atom is 0.254 e. The molecule has 0 aliphatic carbocycles. The standard InChI is InChI=1S/C14H15BrN2O3/c15-11-3-1-9(7-12(11)18)14(20)16-5-6-17-10(8-16)2-4-13(17)19/h1,3,7,10,18H,2,4-6,8H2. The predicted molar refractivity (Wildman–Crippen MR) is 76.4 cm³/mol. The molecule has 0 spiro atoms. The van der Waals surface area contributed by atoms with Gasteiger partial charge in [0.05, 0.1) is 4.47 Å². The fourth-order valence-corrected chi connectivity index (χ4v) is 3.12. The van der Waals surface area contributed by atoms with E-state index in [0.29, 0.717) is 36.1 Å². The van der Waals surface area contributed by atoms with Crippen LogP contribution < -0.4 is 0 Å². The van der Waals surface area contributed by atoms with Gasteiger partial charge in [0.15, 0.2) is 0 Å². The van der Waals surface area contributed by atoms with E-state index in [1.54, 1.807) is 17.0 Å². The van der Waals surface area contributed by atoms with Gasteiger partial charge in [0.1, 0.15) is 5.75 Å². The Morgan fingerprint density at radius 2 is 2.15 bits per heavy atom. The van der Waals surface area contributed by atoms with E-state index in [4.69, 9.17) is 0 Å².